The van der Waals surface area contributed by atoms with Crippen molar-refractivity contribution in [3.8, 4) is 0 Å². The van der Waals surface area contributed by atoms with Crippen LogP contribution in [0.3, 0.4) is 0 Å². The molecule has 0 unspecified atom stereocenters. The average Bonchev–Trinajstić information content (AvgIpc) is 2.48. The van der Waals surface area contributed by atoms with Crippen LogP contribution in [0.25, 0.3) is 0 Å². The highest BCUT2D eigenvalue weighted by Gasteiger charge is 2.24. The van der Waals surface area contributed by atoms with E-state index in [1.165, 1.54) is 4.31 Å². The molecule has 0 aromatic heterocycles. The van der Waals surface area contributed by atoms with Crippen LogP contribution in [0, 0.1) is 0 Å². The maximum atomic E-state index is 12.1. The first-order valence-corrected chi connectivity index (χ1v) is 8.99. The van der Waals surface area contributed by atoms with Gasteiger partial charge in [-0.3, -0.25) is 4.79 Å². The molecule has 0 aliphatic carbocycles. The van der Waals surface area contributed by atoms with E-state index in [-0.39, 0.29) is 18.2 Å². The van der Waals surface area contributed by atoms with Gasteiger partial charge in [0.1, 0.15) is 0 Å². The van der Waals surface area contributed by atoms with Crippen LogP contribution in [0.5, 0.6) is 0 Å². The third kappa shape index (κ3) is 4.50. The molecule has 1 heterocycles. The van der Waals surface area contributed by atoms with Gasteiger partial charge in [0.2, 0.25) is 10.0 Å². The molecule has 1 N–H and O–H groups in total. The Morgan fingerprint density at radius 1 is 1.29 bits per heavy atom. The number of sulfonamides is 1. The number of amides is 1. The molecular formula is C13H17BrN2O4S. The van der Waals surface area contributed by atoms with Crippen LogP contribution in [0.1, 0.15) is 10.4 Å². The lowest BCUT2D eigenvalue weighted by Crippen LogP contribution is -2.43. The topological polar surface area (TPSA) is 75.7 Å². The van der Waals surface area contributed by atoms with Gasteiger partial charge in [0.15, 0.2) is 0 Å². The van der Waals surface area contributed by atoms with E-state index in [2.05, 4.69) is 21.2 Å². The molecule has 0 bridgehead atoms. The fraction of sp³-hybridized carbons (Fsp3) is 0.462. The minimum Gasteiger partial charge on any atom is -0.379 e. The lowest BCUT2D eigenvalue weighted by Gasteiger charge is -2.26. The summed E-state index contributed by atoms with van der Waals surface area (Å²) in [7, 11) is -3.34. The molecule has 1 saturated heterocycles. The summed E-state index contributed by atoms with van der Waals surface area (Å²) in [6, 6.07) is 7.00. The lowest BCUT2D eigenvalue weighted by atomic mass is 10.2. The van der Waals surface area contributed by atoms with Gasteiger partial charge in [0.05, 0.1) is 24.5 Å². The standard InChI is InChI=1S/C13H17BrN2O4S/c14-12-4-2-1-3-11(12)13(17)15-5-10-21(18,19)16-6-8-20-9-7-16/h1-4H,5-10H2,(H,15,17). The Bertz CT molecular complexity index is 600. The summed E-state index contributed by atoms with van der Waals surface area (Å²) in [5.41, 5.74) is 0.487. The molecule has 0 saturated carbocycles. The number of hydrogen-bond acceptors (Lipinski definition) is 4. The number of benzene rings is 1. The van der Waals surface area contributed by atoms with Gasteiger partial charge in [-0.25, -0.2) is 8.42 Å². The summed E-state index contributed by atoms with van der Waals surface area (Å²) in [5.74, 6) is -0.400. The number of morpholine rings is 1. The monoisotopic (exact) mass is 376 g/mol. The smallest absolute Gasteiger partial charge is 0.252 e. The highest BCUT2D eigenvalue weighted by molar-refractivity contribution is 9.10. The second kappa shape index (κ2) is 7.35. The Balaban J connectivity index is 1.86. The van der Waals surface area contributed by atoms with E-state index >= 15 is 0 Å². The van der Waals surface area contributed by atoms with Crippen LogP contribution in [-0.4, -0.2) is 57.2 Å². The molecule has 0 atom stereocenters. The molecular weight excluding hydrogens is 360 g/mol. The number of nitrogens with zero attached hydrogens (tertiary/aromatic N) is 1. The minimum atomic E-state index is -3.34. The largest absolute Gasteiger partial charge is 0.379 e. The molecule has 0 radical (unpaired) electrons. The van der Waals surface area contributed by atoms with Crippen molar-refractivity contribution in [1.29, 1.82) is 0 Å². The van der Waals surface area contributed by atoms with E-state index in [1.54, 1.807) is 18.2 Å². The summed E-state index contributed by atoms with van der Waals surface area (Å²) in [4.78, 5) is 12.0. The van der Waals surface area contributed by atoms with Gasteiger partial charge in [-0.2, -0.15) is 4.31 Å². The van der Waals surface area contributed by atoms with Crippen molar-refractivity contribution in [2.75, 3.05) is 38.6 Å². The van der Waals surface area contributed by atoms with Gasteiger partial charge < -0.3 is 10.1 Å². The predicted molar refractivity (Wildman–Crippen MR) is 82.7 cm³/mol. The highest BCUT2D eigenvalue weighted by Crippen LogP contribution is 2.15. The first kappa shape index (κ1) is 16.4. The van der Waals surface area contributed by atoms with Gasteiger partial charge in [0.25, 0.3) is 5.91 Å². The van der Waals surface area contributed by atoms with Gasteiger partial charge in [-0.1, -0.05) is 12.1 Å². The third-order valence-corrected chi connectivity index (χ3v) is 5.69. The fourth-order valence-electron chi connectivity index (χ4n) is 1.99. The molecule has 1 amide bonds. The number of carbonyl (C=O) groups is 1. The second-order valence-corrected chi connectivity index (χ2v) is 7.51. The summed E-state index contributed by atoms with van der Waals surface area (Å²) >= 11 is 3.29. The molecule has 1 aromatic rings. The van der Waals surface area contributed by atoms with E-state index in [4.69, 9.17) is 4.74 Å². The van der Waals surface area contributed by atoms with Crippen molar-refractivity contribution in [1.82, 2.24) is 9.62 Å². The molecule has 1 aromatic carbocycles. The first-order chi connectivity index (χ1) is 10.0. The van der Waals surface area contributed by atoms with Crippen LogP contribution in [0.15, 0.2) is 28.7 Å². The molecule has 1 aliphatic rings. The van der Waals surface area contributed by atoms with Crippen molar-refractivity contribution in [3.63, 3.8) is 0 Å². The van der Waals surface area contributed by atoms with Crippen molar-refractivity contribution in [2.24, 2.45) is 0 Å². The number of halogens is 1. The van der Waals surface area contributed by atoms with Crippen LogP contribution in [0.4, 0.5) is 0 Å². The van der Waals surface area contributed by atoms with Gasteiger partial charge >= 0.3 is 0 Å². The van der Waals surface area contributed by atoms with E-state index in [9.17, 15) is 13.2 Å². The summed E-state index contributed by atoms with van der Waals surface area (Å²) in [6.45, 7) is 1.67. The Morgan fingerprint density at radius 3 is 2.62 bits per heavy atom. The zero-order valence-corrected chi connectivity index (χ0v) is 13.8. The quantitative estimate of drug-likeness (QED) is 0.825. The molecule has 116 valence electrons. The van der Waals surface area contributed by atoms with Gasteiger partial charge in [0, 0.05) is 24.1 Å². The SMILES string of the molecule is O=C(NCCS(=O)(=O)N1CCOCC1)c1ccccc1Br. The van der Waals surface area contributed by atoms with Crippen molar-refractivity contribution in [2.45, 2.75) is 0 Å². The van der Waals surface area contributed by atoms with Crippen molar-refractivity contribution in [3.05, 3.63) is 34.3 Å². The third-order valence-electron chi connectivity index (χ3n) is 3.13. The molecule has 0 spiro atoms. The van der Waals surface area contributed by atoms with E-state index in [0.29, 0.717) is 36.3 Å². The van der Waals surface area contributed by atoms with Crippen molar-refractivity contribution >= 4 is 31.9 Å². The molecule has 2 rings (SSSR count). The van der Waals surface area contributed by atoms with E-state index in [0.717, 1.165) is 0 Å². The van der Waals surface area contributed by atoms with Crippen LogP contribution < -0.4 is 5.32 Å². The van der Waals surface area contributed by atoms with E-state index < -0.39 is 10.0 Å². The highest BCUT2D eigenvalue weighted by atomic mass is 79.9. The summed E-state index contributed by atoms with van der Waals surface area (Å²) < 4.78 is 31.4. The summed E-state index contributed by atoms with van der Waals surface area (Å²) in [6.07, 6.45) is 0. The van der Waals surface area contributed by atoms with Crippen LogP contribution in [-0.2, 0) is 14.8 Å². The van der Waals surface area contributed by atoms with Crippen LogP contribution in [0.2, 0.25) is 0 Å². The number of ether oxygens (including phenoxy) is 1. The zero-order chi connectivity index (χ0) is 15.3. The Morgan fingerprint density at radius 2 is 1.95 bits per heavy atom. The Hall–Kier alpha value is -0.960. The number of nitrogens with one attached hydrogen (secondary N) is 1. The number of rotatable bonds is 5. The number of hydrogen-bond donors (Lipinski definition) is 1. The normalized spacial score (nSPS) is 16.6. The fourth-order valence-corrected chi connectivity index (χ4v) is 3.78. The maximum absolute atomic E-state index is 12.1. The summed E-state index contributed by atoms with van der Waals surface area (Å²) in [5, 5.41) is 2.63. The average molecular weight is 377 g/mol. The lowest BCUT2D eigenvalue weighted by molar-refractivity contribution is 0.0730. The van der Waals surface area contributed by atoms with E-state index in [1.807, 2.05) is 6.07 Å². The number of carbonyl (C=O) groups excluding carboxylic acids is 1. The first-order valence-electron chi connectivity index (χ1n) is 6.59. The van der Waals surface area contributed by atoms with Gasteiger partial charge in [-0.15, -0.1) is 0 Å². The zero-order valence-electron chi connectivity index (χ0n) is 11.4. The Kier molecular flexibility index (Phi) is 5.74. The molecule has 21 heavy (non-hydrogen) atoms. The van der Waals surface area contributed by atoms with Crippen LogP contribution >= 0.6 is 15.9 Å². The maximum Gasteiger partial charge on any atom is 0.252 e. The predicted octanol–water partition coefficient (Wildman–Crippen LogP) is 0.841. The molecule has 8 heteroatoms. The molecule has 1 fully saturated rings. The molecule has 6 nitrogen and oxygen atoms in total. The molecule has 1 aliphatic heterocycles. The minimum absolute atomic E-state index is 0.0832. The van der Waals surface area contributed by atoms with Gasteiger partial charge in [-0.05, 0) is 28.1 Å². The second-order valence-electron chi connectivity index (χ2n) is 4.56. The van der Waals surface area contributed by atoms with Crippen molar-refractivity contribution < 1.29 is 17.9 Å². The Labute approximate surface area is 132 Å².